The van der Waals surface area contributed by atoms with Crippen molar-refractivity contribution in [2.45, 2.75) is 61.6 Å². The van der Waals surface area contributed by atoms with Crippen LogP contribution in [0.5, 0.6) is 0 Å². The zero-order valence-corrected chi connectivity index (χ0v) is 15.3. The second kappa shape index (κ2) is 6.66. The number of amides is 1. The van der Waals surface area contributed by atoms with Gasteiger partial charge in [0.05, 0.1) is 6.10 Å². The summed E-state index contributed by atoms with van der Waals surface area (Å²) in [5, 5.41) is 12.7. The van der Waals surface area contributed by atoms with E-state index in [1.54, 1.807) is 24.3 Å². The lowest BCUT2D eigenvalue weighted by Gasteiger charge is -2.30. The van der Waals surface area contributed by atoms with Gasteiger partial charge in [0, 0.05) is 18.2 Å². The van der Waals surface area contributed by atoms with E-state index in [4.69, 9.17) is 0 Å². The van der Waals surface area contributed by atoms with Crippen LogP contribution in [0.25, 0.3) is 0 Å². The summed E-state index contributed by atoms with van der Waals surface area (Å²) in [5.74, 6) is 0.311. The maximum atomic E-state index is 12.8. The molecule has 2 N–H and O–H groups in total. The van der Waals surface area contributed by atoms with E-state index in [0.717, 1.165) is 19.3 Å². The standard InChI is InChI=1S/C18H23N3O4S/c22-13-9-7-12(8-10-13)19-18(23)15-5-3-11-21(15)17-14-4-1-2-6-16(14)26(24,25)20-17/h1-2,4,6,12-13,15,22H,3,5,7-11H2,(H,19,23). The molecule has 2 aliphatic heterocycles. The third kappa shape index (κ3) is 3.12. The summed E-state index contributed by atoms with van der Waals surface area (Å²) in [4.78, 5) is 14.9. The number of rotatable bonds is 2. The number of nitrogens with zero attached hydrogens (tertiary/aromatic N) is 2. The number of nitrogens with one attached hydrogen (secondary N) is 1. The molecule has 1 saturated carbocycles. The SMILES string of the molecule is O=C(NC1CCC(O)CC1)C1CCCN1C1=NS(=O)(=O)c2ccccc21. The summed E-state index contributed by atoms with van der Waals surface area (Å²) in [6.07, 6.45) is 4.20. The normalized spacial score (nSPS) is 30.0. The third-order valence-electron chi connectivity index (χ3n) is 5.48. The molecular weight excluding hydrogens is 354 g/mol. The molecule has 8 heteroatoms. The van der Waals surface area contributed by atoms with Crippen LogP contribution in [0.2, 0.25) is 0 Å². The molecule has 1 amide bonds. The van der Waals surface area contributed by atoms with Crippen LogP contribution in [0.4, 0.5) is 0 Å². The highest BCUT2D eigenvalue weighted by molar-refractivity contribution is 7.90. The largest absolute Gasteiger partial charge is 0.393 e. The molecule has 1 unspecified atom stereocenters. The van der Waals surface area contributed by atoms with E-state index in [1.807, 2.05) is 4.90 Å². The fourth-order valence-electron chi connectivity index (χ4n) is 4.11. The number of carbonyl (C=O) groups excluding carboxylic acids is 1. The molecule has 4 rings (SSSR count). The van der Waals surface area contributed by atoms with Crippen LogP contribution < -0.4 is 5.32 Å². The van der Waals surface area contributed by atoms with Crippen LogP contribution in [0.1, 0.15) is 44.1 Å². The van der Waals surface area contributed by atoms with Crippen molar-refractivity contribution in [3.8, 4) is 0 Å². The first-order valence-corrected chi connectivity index (χ1v) is 10.6. The lowest BCUT2D eigenvalue weighted by Crippen LogP contribution is -2.49. The van der Waals surface area contributed by atoms with Crippen LogP contribution >= 0.6 is 0 Å². The molecule has 7 nitrogen and oxygen atoms in total. The van der Waals surface area contributed by atoms with E-state index in [2.05, 4.69) is 9.71 Å². The van der Waals surface area contributed by atoms with Crippen LogP contribution in [0.15, 0.2) is 33.6 Å². The number of carbonyl (C=O) groups is 1. The van der Waals surface area contributed by atoms with Crippen LogP contribution in [0, 0.1) is 0 Å². The molecule has 140 valence electrons. The fraction of sp³-hybridized carbons (Fsp3) is 0.556. The molecular formula is C18H23N3O4S. The van der Waals surface area contributed by atoms with E-state index in [0.29, 0.717) is 37.2 Å². The maximum absolute atomic E-state index is 12.8. The molecule has 3 aliphatic rings. The van der Waals surface area contributed by atoms with Crippen molar-refractivity contribution in [3.05, 3.63) is 29.8 Å². The smallest absolute Gasteiger partial charge is 0.285 e. The van der Waals surface area contributed by atoms with Gasteiger partial charge >= 0.3 is 0 Å². The van der Waals surface area contributed by atoms with Gasteiger partial charge in [-0.2, -0.15) is 8.42 Å². The monoisotopic (exact) mass is 377 g/mol. The Labute approximate surface area is 153 Å². The summed E-state index contributed by atoms with van der Waals surface area (Å²) in [6, 6.07) is 6.44. The van der Waals surface area contributed by atoms with Crippen molar-refractivity contribution < 1.29 is 18.3 Å². The zero-order valence-electron chi connectivity index (χ0n) is 14.5. The van der Waals surface area contributed by atoms with Gasteiger partial charge in [-0.05, 0) is 50.7 Å². The van der Waals surface area contributed by atoms with Crippen LogP contribution in [0.3, 0.4) is 0 Å². The number of aliphatic hydroxyl groups is 1. The zero-order chi connectivity index (χ0) is 18.3. The molecule has 1 aromatic carbocycles. The predicted molar refractivity (Wildman–Crippen MR) is 96.3 cm³/mol. The van der Waals surface area contributed by atoms with Crippen molar-refractivity contribution in [2.24, 2.45) is 4.40 Å². The summed E-state index contributed by atoms with van der Waals surface area (Å²) < 4.78 is 28.6. The van der Waals surface area contributed by atoms with Gasteiger partial charge in [0.1, 0.15) is 10.9 Å². The average molecular weight is 377 g/mol. The van der Waals surface area contributed by atoms with Crippen molar-refractivity contribution in [3.63, 3.8) is 0 Å². The molecule has 1 aromatic rings. The topological polar surface area (TPSA) is 99.1 Å². The Morgan fingerprint density at radius 1 is 1.15 bits per heavy atom. The fourth-order valence-corrected chi connectivity index (χ4v) is 5.32. The highest BCUT2D eigenvalue weighted by Crippen LogP contribution is 2.31. The Bertz CT molecular complexity index is 844. The van der Waals surface area contributed by atoms with E-state index in [-0.39, 0.29) is 22.9 Å². The number of likely N-dealkylation sites (tertiary alicyclic amines) is 1. The molecule has 26 heavy (non-hydrogen) atoms. The second-order valence-electron chi connectivity index (χ2n) is 7.25. The summed E-state index contributed by atoms with van der Waals surface area (Å²) in [7, 11) is -3.69. The van der Waals surface area contributed by atoms with Crippen LogP contribution in [-0.2, 0) is 14.8 Å². The lowest BCUT2D eigenvalue weighted by atomic mass is 9.93. The molecule has 1 atom stereocenters. The molecule has 0 radical (unpaired) electrons. The molecule has 0 aromatic heterocycles. The Kier molecular flexibility index (Phi) is 4.48. The van der Waals surface area contributed by atoms with Crippen molar-refractivity contribution in [1.82, 2.24) is 10.2 Å². The number of hydrogen-bond acceptors (Lipinski definition) is 5. The Hall–Kier alpha value is -1.93. The van der Waals surface area contributed by atoms with Gasteiger partial charge in [-0.3, -0.25) is 4.79 Å². The highest BCUT2D eigenvalue weighted by atomic mass is 32.2. The van der Waals surface area contributed by atoms with Crippen LogP contribution in [-0.4, -0.2) is 54.9 Å². The average Bonchev–Trinajstić information content (AvgIpc) is 3.20. The van der Waals surface area contributed by atoms with Gasteiger partial charge in [-0.25, -0.2) is 0 Å². The molecule has 2 heterocycles. The molecule has 0 bridgehead atoms. The molecule has 1 saturated heterocycles. The van der Waals surface area contributed by atoms with Gasteiger partial charge < -0.3 is 15.3 Å². The third-order valence-corrected chi connectivity index (χ3v) is 6.81. The van der Waals surface area contributed by atoms with E-state index in [1.165, 1.54) is 0 Å². The Balaban J connectivity index is 1.53. The van der Waals surface area contributed by atoms with Gasteiger partial charge in [0.2, 0.25) is 5.91 Å². The first-order valence-electron chi connectivity index (χ1n) is 9.15. The van der Waals surface area contributed by atoms with Gasteiger partial charge in [-0.1, -0.05) is 12.1 Å². The molecule has 2 fully saturated rings. The molecule has 0 spiro atoms. The van der Waals surface area contributed by atoms with Crippen molar-refractivity contribution in [2.75, 3.05) is 6.54 Å². The quantitative estimate of drug-likeness (QED) is 0.802. The van der Waals surface area contributed by atoms with E-state index in [9.17, 15) is 18.3 Å². The van der Waals surface area contributed by atoms with Crippen molar-refractivity contribution in [1.29, 1.82) is 0 Å². The Morgan fingerprint density at radius 2 is 1.88 bits per heavy atom. The minimum Gasteiger partial charge on any atom is -0.393 e. The molecule has 1 aliphatic carbocycles. The number of hydrogen-bond donors (Lipinski definition) is 2. The van der Waals surface area contributed by atoms with Crippen molar-refractivity contribution >= 4 is 21.8 Å². The van der Waals surface area contributed by atoms with E-state index < -0.39 is 16.1 Å². The van der Waals surface area contributed by atoms with Gasteiger partial charge in [0.15, 0.2) is 5.84 Å². The number of aliphatic hydroxyl groups excluding tert-OH is 1. The summed E-state index contributed by atoms with van der Waals surface area (Å²) >= 11 is 0. The summed E-state index contributed by atoms with van der Waals surface area (Å²) in [6.45, 7) is 0.615. The Morgan fingerprint density at radius 3 is 2.65 bits per heavy atom. The first-order chi connectivity index (χ1) is 12.5. The summed E-state index contributed by atoms with van der Waals surface area (Å²) in [5.41, 5.74) is 0.577. The number of sulfonamides is 1. The minimum absolute atomic E-state index is 0.0756. The number of amidine groups is 1. The predicted octanol–water partition coefficient (Wildman–Crippen LogP) is 1.02. The van der Waals surface area contributed by atoms with Gasteiger partial charge in [-0.15, -0.1) is 4.40 Å². The number of benzene rings is 1. The maximum Gasteiger partial charge on any atom is 0.285 e. The lowest BCUT2D eigenvalue weighted by molar-refractivity contribution is -0.125. The number of fused-ring (bicyclic) bond motifs is 1. The minimum atomic E-state index is -3.69. The van der Waals surface area contributed by atoms with E-state index >= 15 is 0 Å². The second-order valence-corrected chi connectivity index (χ2v) is 8.82. The van der Waals surface area contributed by atoms with Gasteiger partial charge in [0.25, 0.3) is 10.0 Å². The first kappa shape index (κ1) is 17.5. The highest BCUT2D eigenvalue weighted by Gasteiger charge is 2.39.